The van der Waals surface area contributed by atoms with Gasteiger partial charge < -0.3 is 10.1 Å². The summed E-state index contributed by atoms with van der Waals surface area (Å²) >= 11 is 1.60. The smallest absolute Gasteiger partial charge is 0.234 e. The van der Waals surface area contributed by atoms with Crippen LogP contribution in [0.25, 0.3) is 0 Å². The number of hydrogen-bond acceptors (Lipinski definition) is 3. The molecule has 0 saturated heterocycles. The third-order valence-electron chi connectivity index (χ3n) is 3.00. The van der Waals surface area contributed by atoms with E-state index in [0.29, 0.717) is 17.2 Å². The van der Waals surface area contributed by atoms with E-state index in [2.05, 4.69) is 36.5 Å². The predicted octanol–water partition coefficient (Wildman–Crippen LogP) is 3.88. The highest BCUT2D eigenvalue weighted by Crippen LogP contribution is 2.23. The Morgan fingerprint density at radius 3 is 2.57 bits per heavy atom. The summed E-state index contributed by atoms with van der Waals surface area (Å²) in [6, 6.07) is 15.8. The molecular weight excluding hydrogens is 282 g/mol. The molecule has 3 nitrogen and oxygen atoms in total. The largest absolute Gasteiger partial charge is 0.495 e. The van der Waals surface area contributed by atoms with Gasteiger partial charge in [0, 0.05) is 5.75 Å². The number of ether oxygens (including phenoxy) is 1. The predicted molar refractivity (Wildman–Crippen MR) is 89.0 cm³/mol. The van der Waals surface area contributed by atoms with Gasteiger partial charge in [-0.3, -0.25) is 4.79 Å². The Morgan fingerprint density at radius 2 is 1.86 bits per heavy atom. The summed E-state index contributed by atoms with van der Waals surface area (Å²) in [5, 5.41) is 2.87. The maximum Gasteiger partial charge on any atom is 0.234 e. The molecule has 1 N–H and O–H groups in total. The van der Waals surface area contributed by atoms with Gasteiger partial charge in [0.25, 0.3) is 0 Å². The van der Waals surface area contributed by atoms with E-state index in [1.54, 1.807) is 18.9 Å². The van der Waals surface area contributed by atoms with Crippen LogP contribution in [-0.2, 0) is 10.5 Å². The Hall–Kier alpha value is -1.94. The molecule has 2 rings (SSSR count). The van der Waals surface area contributed by atoms with Crippen LogP contribution in [0.1, 0.15) is 11.1 Å². The first-order valence-electron chi connectivity index (χ1n) is 6.75. The first kappa shape index (κ1) is 15.4. The van der Waals surface area contributed by atoms with Crippen molar-refractivity contribution >= 4 is 23.4 Å². The van der Waals surface area contributed by atoms with E-state index in [9.17, 15) is 4.79 Å². The number of amides is 1. The lowest BCUT2D eigenvalue weighted by Gasteiger charge is -2.09. The van der Waals surface area contributed by atoms with Crippen LogP contribution in [-0.4, -0.2) is 18.8 Å². The quantitative estimate of drug-likeness (QED) is 0.880. The summed E-state index contributed by atoms with van der Waals surface area (Å²) in [6.45, 7) is 2.07. The number of rotatable bonds is 6. The van der Waals surface area contributed by atoms with Crippen LogP contribution >= 0.6 is 11.8 Å². The molecule has 2 aromatic rings. The number of nitrogens with one attached hydrogen (secondary N) is 1. The second-order valence-corrected chi connectivity index (χ2v) is 5.71. The van der Waals surface area contributed by atoms with E-state index < -0.39 is 0 Å². The average Bonchev–Trinajstić information content (AvgIpc) is 2.50. The minimum absolute atomic E-state index is 0.0170. The zero-order valence-corrected chi connectivity index (χ0v) is 13.1. The first-order chi connectivity index (χ1) is 10.2. The van der Waals surface area contributed by atoms with Gasteiger partial charge in [0.15, 0.2) is 0 Å². The van der Waals surface area contributed by atoms with Crippen molar-refractivity contribution < 1.29 is 9.53 Å². The number of carbonyl (C=O) groups excluding carboxylic acids is 1. The lowest BCUT2D eigenvalue weighted by atomic mass is 10.2. The fraction of sp³-hybridized carbons (Fsp3) is 0.235. The molecule has 0 heterocycles. The van der Waals surface area contributed by atoms with Crippen LogP contribution in [0, 0.1) is 6.92 Å². The zero-order valence-electron chi connectivity index (χ0n) is 12.3. The van der Waals surface area contributed by atoms with Crippen LogP contribution in [0.2, 0.25) is 0 Å². The van der Waals surface area contributed by atoms with Crippen LogP contribution < -0.4 is 10.1 Å². The van der Waals surface area contributed by atoms with Crippen molar-refractivity contribution in [3.8, 4) is 5.75 Å². The topological polar surface area (TPSA) is 38.3 Å². The number of para-hydroxylation sites is 2. The third-order valence-corrected chi connectivity index (χ3v) is 4.01. The number of aryl methyl sites for hydroxylation is 1. The van der Waals surface area contributed by atoms with E-state index in [-0.39, 0.29) is 5.91 Å². The van der Waals surface area contributed by atoms with Crippen LogP contribution in [0.5, 0.6) is 5.75 Å². The molecule has 1 amide bonds. The van der Waals surface area contributed by atoms with Crippen LogP contribution in [0.4, 0.5) is 5.69 Å². The Balaban J connectivity index is 1.81. The number of benzene rings is 2. The van der Waals surface area contributed by atoms with E-state index in [1.807, 2.05) is 24.3 Å². The molecule has 0 saturated carbocycles. The molecule has 0 aliphatic heterocycles. The van der Waals surface area contributed by atoms with Gasteiger partial charge in [0.1, 0.15) is 5.75 Å². The Morgan fingerprint density at radius 1 is 1.14 bits per heavy atom. The van der Waals surface area contributed by atoms with E-state index in [4.69, 9.17) is 4.74 Å². The molecule has 0 unspecified atom stereocenters. The highest BCUT2D eigenvalue weighted by Gasteiger charge is 2.06. The molecule has 0 aliphatic carbocycles. The fourth-order valence-corrected chi connectivity index (χ4v) is 2.67. The molecule has 110 valence electrons. The Labute approximate surface area is 129 Å². The van der Waals surface area contributed by atoms with Crippen molar-refractivity contribution in [1.29, 1.82) is 0 Å². The summed E-state index contributed by atoms with van der Waals surface area (Å²) in [5.74, 6) is 1.91. The third kappa shape index (κ3) is 4.83. The van der Waals surface area contributed by atoms with Gasteiger partial charge >= 0.3 is 0 Å². The molecule has 0 radical (unpaired) electrons. The Bertz CT molecular complexity index is 596. The van der Waals surface area contributed by atoms with Crippen molar-refractivity contribution in [2.75, 3.05) is 18.2 Å². The van der Waals surface area contributed by atoms with E-state index in [1.165, 1.54) is 11.1 Å². The lowest BCUT2D eigenvalue weighted by molar-refractivity contribution is -0.113. The second kappa shape index (κ2) is 7.74. The standard InChI is InChI=1S/C17H19NO2S/c1-13-7-9-14(10-8-13)11-21-12-17(19)18-15-5-3-4-6-16(15)20-2/h3-10H,11-12H2,1-2H3,(H,18,19). The SMILES string of the molecule is COc1ccccc1NC(=O)CSCc1ccc(C)cc1. The highest BCUT2D eigenvalue weighted by molar-refractivity contribution is 7.99. The molecule has 0 aromatic heterocycles. The zero-order chi connectivity index (χ0) is 15.1. The molecule has 0 fully saturated rings. The maximum atomic E-state index is 11.9. The maximum absolute atomic E-state index is 11.9. The normalized spacial score (nSPS) is 10.2. The van der Waals surface area contributed by atoms with Crippen molar-refractivity contribution in [1.82, 2.24) is 0 Å². The number of anilines is 1. The van der Waals surface area contributed by atoms with Gasteiger partial charge in [0.05, 0.1) is 18.6 Å². The van der Waals surface area contributed by atoms with Crippen LogP contribution in [0.3, 0.4) is 0 Å². The van der Waals surface area contributed by atoms with Gasteiger partial charge in [-0.1, -0.05) is 42.0 Å². The molecule has 21 heavy (non-hydrogen) atoms. The van der Waals surface area contributed by atoms with Gasteiger partial charge in [-0.2, -0.15) is 0 Å². The summed E-state index contributed by atoms with van der Waals surface area (Å²) in [7, 11) is 1.59. The summed E-state index contributed by atoms with van der Waals surface area (Å²) in [4.78, 5) is 11.9. The van der Waals surface area contributed by atoms with Crippen LogP contribution in [0.15, 0.2) is 48.5 Å². The van der Waals surface area contributed by atoms with Crippen molar-refractivity contribution in [3.05, 3.63) is 59.7 Å². The number of thioether (sulfide) groups is 1. The molecule has 0 atom stereocenters. The summed E-state index contributed by atoms with van der Waals surface area (Å²) < 4.78 is 5.21. The molecule has 0 spiro atoms. The average molecular weight is 301 g/mol. The Kier molecular flexibility index (Phi) is 5.69. The molecule has 0 aliphatic rings. The fourth-order valence-electron chi connectivity index (χ4n) is 1.88. The van der Waals surface area contributed by atoms with Crippen molar-refractivity contribution in [2.24, 2.45) is 0 Å². The first-order valence-corrected chi connectivity index (χ1v) is 7.90. The highest BCUT2D eigenvalue weighted by atomic mass is 32.2. The van der Waals surface area contributed by atoms with E-state index >= 15 is 0 Å². The number of methoxy groups -OCH3 is 1. The van der Waals surface area contributed by atoms with Crippen molar-refractivity contribution in [2.45, 2.75) is 12.7 Å². The van der Waals surface area contributed by atoms with Gasteiger partial charge in [-0.15, -0.1) is 11.8 Å². The van der Waals surface area contributed by atoms with Crippen molar-refractivity contribution in [3.63, 3.8) is 0 Å². The number of carbonyl (C=O) groups is 1. The summed E-state index contributed by atoms with van der Waals surface area (Å²) in [5.41, 5.74) is 3.19. The number of hydrogen-bond donors (Lipinski definition) is 1. The molecule has 0 bridgehead atoms. The molecule has 4 heteroatoms. The summed E-state index contributed by atoms with van der Waals surface area (Å²) in [6.07, 6.45) is 0. The van der Waals surface area contributed by atoms with Gasteiger partial charge in [0.2, 0.25) is 5.91 Å². The van der Waals surface area contributed by atoms with Gasteiger partial charge in [-0.25, -0.2) is 0 Å². The van der Waals surface area contributed by atoms with E-state index in [0.717, 1.165) is 5.75 Å². The van der Waals surface area contributed by atoms with Gasteiger partial charge in [-0.05, 0) is 24.6 Å². The molecule has 2 aromatic carbocycles. The second-order valence-electron chi connectivity index (χ2n) is 4.73. The minimum Gasteiger partial charge on any atom is -0.495 e. The monoisotopic (exact) mass is 301 g/mol. The lowest BCUT2D eigenvalue weighted by Crippen LogP contribution is -2.14. The minimum atomic E-state index is -0.0170. The molecular formula is C17H19NO2S.